The molecule has 0 aromatic heterocycles. The van der Waals surface area contributed by atoms with E-state index in [1.807, 2.05) is 13.8 Å². The molecule has 1 rings (SSSR count). The van der Waals surface area contributed by atoms with Gasteiger partial charge in [0.1, 0.15) is 0 Å². The van der Waals surface area contributed by atoms with E-state index < -0.39 is 0 Å². The Morgan fingerprint density at radius 3 is 2.72 bits per heavy atom. The Kier molecular flexibility index (Phi) is 6.24. The van der Waals surface area contributed by atoms with Crippen molar-refractivity contribution in [3.05, 3.63) is 0 Å². The molecule has 2 unspecified atom stereocenters. The molecular formula is C12H23N3O3. The minimum atomic E-state index is -0.292. The van der Waals surface area contributed by atoms with E-state index >= 15 is 0 Å². The molecule has 0 spiro atoms. The highest BCUT2D eigenvalue weighted by Crippen LogP contribution is 2.06. The van der Waals surface area contributed by atoms with Crippen LogP contribution in [0.5, 0.6) is 0 Å². The Morgan fingerprint density at radius 1 is 1.39 bits per heavy atom. The molecule has 1 aliphatic heterocycles. The van der Waals surface area contributed by atoms with Gasteiger partial charge in [-0.25, -0.2) is 0 Å². The van der Waals surface area contributed by atoms with Crippen LogP contribution in [-0.4, -0.2) is 48.2 Å². The van der Waals surface area contributed by atoms with Crippen molar-refractivity contribution in [3.63, 3.8) is 0 Å². The number of carbonyl (C=O) groups is 2. The second-order valence-corrected chi connectivity index (χ2v) is 4.78. The predicted octanol–water partition coefficient (Wildman–Crippen LogP) is -0.870. The zero-order chi connectivity index (χ0) is 13.5. The van der Waals surface area contributed by atoms with Crippen LogP contribution in [0, 0.1) is 0 Å². The molecule has 0 radical (unpaired) electrons. The quantitative estimate of drug-likeness (QED) is 0.352. The lowest BCUT2D eigenvalue weighted by Gasteiger charge is -2.29. The number of imide groups is 1. The van der Waals surface area contributed by atoms with Crippen molar-refractivity contribution in [2.75, 3.05) is 13.2 Å². The van der Waals surface area contributed by atoms with Gasteiger partial charge < -0.3 is 15.7 Å². The van der Waals surface area contributed by atoms with Crippen LogP contribution in [0.3, 0.4) is 0 Å². The SMILES string of the molecule is CC(NCCCO)[C@@H](C)NC1CCC(=O)NC1=O. The van der Waals surface area contributed by atoms with Crippen LogP contribution >= 0.6 is 0 Å². The predicted molar refractivity (Wildman–Crippen MR) is 67.9 cm³/mol. The molecular weight excluding hydrogens is 234 g/mol. The van der Waals surface area contributed by atoms with Gasteiger partial charge in [0.2, 0.25) is 11.8 Å². The lowest BCUT2D eigenvalue weighted by molar-refractivity contribution is -0.134. The average Bonchev–Trinajstić information content (AvgIpc) is 2.32. The Labute approximate surface area is 108 Å². The van der Waals surface area contributed by atoms with Gasteiger partial charge >= 0.3 is 0 Å². The summed E-state index contributed by atoms with van der Waals surface area (Å²) in [5, 5.41) is 17.5. The number of hydrogen-bond donors (Lipinski definition) is 4. The molecule has 1 fully saturated rings. The van der Waals surface area contributed by atoms with E-state index in [2.05, 4.69) is 16.0 Å². The molecule has 104 valence electrons. The van der Waals surface area contributed by atoms with Crippen LogP contribution in [0.4, 0.5) is 0 Å². The van der Waals surface area contributed by atoms with E-state index in [1.165, 1.54) is 0 Å². The number of aliphatic hydroxyl groups is 1. The molecule has 0 saturated carbocycles. The standard InChI is InChI=1S/C12H23N3O3/c1-8(13-6-3-7-16)9(2)14-10-4-5-11(17)15-12(10)18/h8-10,13-14,16H,3-7H2,1-2H3,(H,15,17,18)/t8?,9-,10?/m1/s1. The summed E-state index contributed by atoms with van der Waals surface area (Å²) in [5.41, 5.74) is 0. The molecule has 4 N–H and O–H groups in total. The zero-order valence-electron chi connectivity index (χ0n) is 11.0. The first-order chi connectivity index (χ1) is 8.54. The smallest absolute Gasteiger partial charge is 0.243 e. The molecule has 18 heavy (non-hydrogen) atoms. The summed E-state index contributed by atoms with van der Waals surface area (Å²) in [5.74, 6) is -0.430. The van der Waals surface area contributed by atoms with E-state index in [0.29, 0.717) is 12.8 Å². The highest BCUT2D eigenvalue weighted by Gasteiger charge is 2.28. The summed E-state index contributed by atoms with van der Waals surface area (Å²) in [6.07, 6.45) is 1.66. The molecule has 1 heterocycles. The van der Waals surface area contributed by atoms with Gasteiger partial charge in [-0.2, -0.15) is 0 Å². The Morgan fingerprint density at radius 2 is 2.11 bits per heavy atom. The molecule has 6 heteroatoms. The van der Waals surface area contributed by atoms with Crippen molar-refractivity contribution in [2.24, 2.45) is 0 Å². The third kappa shape index (κ3) is 4.72. The number of amides is 2. The topological polar surface area (TPSA) is 90.5 Å². The number of aliphatic hydroxyl groups excluding tert-OH is 1. The molecule has 6 nitrogen and oxygen atoms in total. The number of nitrogens with one attached hydrogen (secondary N) is 3. The second kappa shape index (κ2) is 7.45. The lowest BCUT2D eigenvalue weighted by Crippen LogP contribution is -2.56. The first-order valence-corrected chi connectivity index (χ1v) is 6.48. The fourth-order valence-electron chi connectivity index (χ4n) is 1.90. The maximum absolute atomic E-state index is 11.6. The third-order valence-electron chi connectivity index (χ3n) is 3.25. The van der Waals surface area contributed by atoms with Crippen molar-refractivity contribution in [2.45, 2.75) is 51.2 Å². The summed E-state index contributed by atoms with van der Waals surface area (Å²) in [7, 11) is 0. The number of piperidine rings is 1. The summed E-state index contributed by atoms with van der Waals surface area (Å²) >= 11 is 0. The van der Waals surface area contributed by atoms with Crippen LogP contribution in [0.25, 0.3) is 0 Å². The minimum absolute atomic E-state index is 0.118. The van der Waals surface area contributed by atoms with Gasteiger partial charge in [-0.15, -0.1) is 0 Å². The number of carbonyl (C=O) groups excluding carboxylic acids is 2. The minimum Gasteiger partial charge on any atom is -0.396 e. The Hall–Kier alpha value is -0.980. The van der Waals surface area contributed by atoms with Crippen LogP contribution < -0.4 is 16.0 Å². The van der Waals surface area contributed by atoms with Crippen LogP contribution in [0.2, 0.25) is 0 Å². The molecule has 0 aliphatic carbocycles. The van der Waals surface area contributed by atoms with Crippen molar-refractivity contribution in [1.82, 2.24) is 16.0 Å². The van der Waals surface area contributed by atoms with E-state index in [9.17, 15) is 9.59 Å². The largest absolute Gasteiger partial charge is 0.396 e. The zero-order valence-corrected chi connectivity index (χ0v) is 11.0. The fourth-order valence-corrected chi connectivity index (χ4v) is 1.90. The maximum atomic E-state index is 11.6. The van der Waals surface area contributed by atoms with Gasteiger partial charge in [0.25, 0.3) is 0 Å². The first-order valence-electron chi connectivity index (χ1n) is 6.48. The molecule has 2 amide bonds. The highest BCUT2D eigenvalue weighted by atomic mass is 16.3. The van der Waals surface area contributed by atoms with E-state index in [1.54, 1.807) is 0 Å². The third-order valence-corrected chi connectivity index (χ3v) is 3.25. The van der Waals surface area contributed by atoms with Crippen LogP contribution in [0.15, 0.2) is 0 Å². The van der Waals surface area contributed by atoms with Gasteiger partial charge in [0, 0.05) is 25.1 Å². The van der Waals surface area contributed by atoms with Gasteiger partial charge in [0.15, 0.2) is 0 Å². The Bertz CT molecular complexity index is 296. The summed E-state index contributed by atoms with van der Waals surface area (Å²) in [6.45, 7) is 4.95. The van der Waals surface area contributed by atoms with Gasteiger partial charge in [-0.05, 0) is 33.2 Å². The van der Waals surface area contributed by atoms with Crippen molar-refractivity contribution in [1.29, 1.82) is 0 Å². The van der Waals surface area contributed by atoms with Gasteiger partial charge in [0.05, 0.1) is 6.04 Å². The van der Waals surface area contributed by atoms with E-state index in [0.717, 1.165) is 13.0 Å². The van der Waals surface area contributed by atoms with Crippen molar-refractivity contribution in [3.8, 4) is 0 Å². The van der Waals surface area contributed by atoms with E-state index in [4.69, 9.17) is 5.11 Å². The fraction of sp³-hybridized carbons (Fsp3) is 0.833. The lowest BCUT2D eigenvalue weighted by atomic mass is 10.0. The highest BCUT2D eigenvalue weighted by molar-refractivity contribution is 6.00. The molecule has 1 aliphatic rings. The van der Waals surface area contributed by atoms with Crippen LogP contribution in [-0.2, 0) is 9.59 Å². The molecule has 0 aromatic rings. The summed E-state index contributed by atoms with van der Waals surface area (Å²) in [6, 6.07) is 0.0226. The molecule has 1 saturated heterocycles. The molecule has 0 aromatic carbocycles. The van der Waals surface area contributed by atoms with Crippen molar-refractivity contribution >= 4 is 11.8 Å². The van der Waals surface area contributed by atoms with E-state index in [-0.39, 0.29) is 36.5 Å². The van der Waals surface area contributed by atoms with Crippen molar-refractivity contribution < 1.29 is 14.7 Å². The van der Waals surface area contributed by atoms with Crippen LogP contribution in [0.1, 0.15) is 33.1 Å². The summed E-state index contributed by atoms with van der Waals surface area (Å²) in [4.78, 5) is 22.6. The first kappa shape index (κ1) is 15.1. The molecule has 3 atom stereocenters. The molecule has 0 bridgehead atoms. The number of rotatable bonds is 7. The van der Waals surface area contributed by atoms with Gasteiger partial charge in [-0.1, -0.05) is 0 Å². The van der Waals surface area contributed by atoms with Gasteiger partial charge in [-0.3, -0.25) is 14.9 Å². The summed E-state index contributed by atoms with van der Waals surface area (Å²) < 4.78 is 0. The maximum Gasteiger partial charge on any atom is 0.243 e. The normalized spacial score (nSPS) is 23.6. The Balaban J connectivity index is 2.32. The number of hydrogen-bond acceptors (Lipinski definition) is 5. The average molecular weight is 257 g/mol. The second-order valence-electron chi connectivity index (χ2n) is 4.78. The monoisotopic (exact) mass is 257 g/mol.